The van der Waals surface area contributed by atoms with Crippen LogP contribution in [0.25, 0.3) is 5.76 Å². The molecular formula is C24H25N5O5. The number of aliphatic hydroxyl groups excluding tert-OH is 1. The number of H-pyrrole nitrogens is 1. The van der Waals surface area contributed by atoms with E-state index in [0.29, 0.717) is 41.9 Å². The Morgan fingerprint density at radius 1 is 1.15 bits per heavy atom. The summed E-state index contributed by atoms with van der Waals surface area (Å²) in [7, 11) is 1.26. The van der Waals surface area contributed by atoms with E-state index < -0.39 is 23.7 Å². The predicted molar refractivity (Wildman–Crippen MR) is 122 cm³/mol. The molecule has 0 aliphatic carbocycles. The van der Waals surface area contributed by atoms with E-state index in [4.69, 9.17) is 4.74 Å². The second kappa shape index (κ2) is 9.34. The number of pyridine rings is 1. The average Bonchev–Trinajstić information content (AvgIpc) is 3.52. The van der Waals surface area contributed by atoms with Gasteiger partial charge < -0.3 is 24.3 Å². The number of ketones is 1. The predicted octanol–water partition coefficient (Wildman–Crippen LogP) is 2.52. The summed E-state index contributed by atoms with van der Waals surface area (Å²) in [5, 5.41) is 11.3. The number of aromatic amines is 1. The van der Waals surface area contributed by atoms with E-state index in [-0.39, 0.29) is 17.0 Å². The minimum atomic E-state index is -0.791. The van der Waals surface area contributed by atoms with Crippen LogP contribution in [-0.2, 0) is 20.9 Å². The lowest BCUT2D eigenvalue weighted by molar-refractivity contribution is -0.139. The number of aliphatic hydroxyl groups is 1. The molecule has 1 aliphatic rings. The van der Waals surface area contributed by atoms with Crippen LogP contribution in [-0.4, -0.2) is 60.8 Å². The molecule has 4 heterocycles. The fourth-order valence-corrected chi connectivity index (χ4v) is 4.39. The number of ether oxygens (including phenoxy) is 1. The van der Waals surface area contributed by atoms with E-state index in [9.17, 15) is 19.5 Å². The second-order valence-corrected chi connectivity index (χ2v) is 8.04. The van der Waals surface area contributed by atoms with Crippen LogP contribution in [0.5, 0.6) is 0 Å². The zero-order chi connectivity index (χ0) is 24.4. The molecule has 1 amide bonds. The topological polar surface area (TPSA) is 130 Å². The number of aromatic nitrogens is 4. The first-order valence-electron chi connectivity index (χ1n) is 10.8. The lowest BCUT2D eigenvalue weighted by Crippen LogP contribution is -2.31. The van der Waals surface area contributed by atoms with Crippen molar-refractivity contribution in [3.8, 4) is 0 Å². The number of hydrogen-bond donors (Lipinski definition) is 2. The first-order chi connectivity index (χ1) is 16.3. The molecule has 4 rings (SSSR count). The quantitative estimate of drug-likeness (QED) is 0.238. The molecule has 10 nitrogen and oxygen atoms in total. The highest BCUT2D eigenvalue weighted by Gasteiger charge is 2.46. The van der Waals surface area contributed by atoms with Gasteiger partial charge in [0, 0.05) is 49.1 Å². The van der Waals surface area contributed by atoms with E-state index in [2.05, 4.69) is 15.0 Å². The van der Waals surface area contributed by atoms with Crippen molar-refractivity contribution in [1.29, 1.82) is 0 Å². The third-order valence-corrected chi connectivity index (χ3v) is 6.00. The number of nitrogens with one attached hydrogen (secondary N) is 1. The number of rotatable bonds is 7. The number of likely N-dealkylation sites (tertiary alicyclic amines) is 1. The zero-order valence-electron chi connectivity index (χ0n) is 19.1. The number of hydrogen-bond acceptors (Lipinski definition) is 7. The molecule has 0 bridgehead atoms. The van der Waals surface area contributed by atoms with E-state index in [0.717, 1.165) is 0 Å². The molecule has 0 radical (unpaired) electrons. The molecule has 1 aliphatic heterocycles. The SMILES string of the molecule is COC(=O)c1[nH]c(C)c(C(O)=C2C(=O)C(=O)N(CCCn3ccnc3)C2c2ccncc2)c1C. The molecule has 3 aromatic heterocycles. The van der Waals surface area contributed by atoms with Gasteiger partial charge in [0.05, 0.1) is 25.1 Å². The number of carbonyl (C=O) groups excluding carboxylic acids is 3. The summed E-state index contributed by atoms with van der Waals surface area (Å²) in [6.07, 6.45) is 8.91. The number of esters is 1. The van der Waals surface area contributed by atoms with Crippen molar-refractivity contribution in [2.24, 2.45) is 0 Å². The van der Waals surface area contributed by atoms with Crippen LogP contribution in [0.2, 0.25) is 0 Å². The van der Waals surface area contributed by atoms with Gasteiger partial charge in [-0.2, -0.15) is 0 Å². The lowest BCUT2D eigenvalue weighted by Gasteiger charge is -2.25. The van der Waals surface area contributed by atoms with Gasteiger partial charge >= 0.3 is 5.97 Å². The van der Waals surface area contributed by atoms with Crippen molar-refractivity contribution < 1.29 is 24.2 Å². The molecule has 0 aromatic carbocycles. The standard InChI is InChI=1S/C24H25N5O5/c1-14-17(15(2)27-19(14)24(33)34-3)21(30)18-20(16-5-7-25-8-6-16)29(23(32)22(18)31)11-4-10-28-12-9-26-13-28/h5-9,12-13,20,27,30H,4,10-11H2,1-3H3. The first-order valence-corrected chi connectivity index (χ1v) is 10.8. The van der Waals surface area contributed by atoms with Crippen molar-refractivity contribution in [2.75, 3.05) is 13.7 Å². The third-order valence-electron chi connectivity index (χ3n) is 6.00. The maximum absolute atomic E-state index is 13.2. The van der Waals surface area contributed by atoms with Crippen LogP contribution in [0.15, 0.2) is 48.8 Å². The smallest absolute Gasteiger partial charge is 0.354 e. The lowest BCUT2D eigenvalue weighted by atomic mass is 9.94. The zero-order valence-corrected chi connectivity index (χ0v) is 19.1. The van der Waals surface area contributed by atoms with Crippen LogP contribution in [0.3, 0.4) is 0 Å². The van der Waals surface area contributed by atoms with Gasteiger partial charge in [0.25, 0.3) is 11.7 Å². The number of Topliss-reactive ketones (excluding diaryl/α,β-unsaturated/α-hetero) is 1. The van der Waals surface area contributed by atoms with Gasteiger partial charge in [0.15, 0.2) is 0 Å². The monoisotopic (exact) mass is 463 g/mol. The fraction of sp³-hybridized carbons (Fsp3) is 0.292. The van der Waals surface area contributed by atoms with Crippen molar-refractivity contribution in [2.45, 2.75) is 32.9 Å². The minimum absolute atomic E-state index is 0.0274. The number of methoxy groups -OCH3 is 1. The maximum Gasteiger partial charge on any atom is 0.354 e. The summed E-state index contributed by atoms with van der Waals surface area (Å²) >= 11 is 0. The van der Waals surface area contributed by atoms with Crippen LogP contribution >= 0.6 is 0 Å². The van der Waals surface area contributed by atoms with E-state index >= 15 is 0 Å². The van der Waals surface area contributed by atoms with Crippen molar-refractivity contribution in [3.63, 3.8) is 0 Å². The van der Waals surface area contributed by atoms with Crippen molar-refractivity contribution in [1.82, 2.24) is 24.4 Å². The summed E-state index contributed by atoms with van der Waals surface area (Å²) in [5.74, 6) is -2.39. The number of amides is 1. The number of aryl methyl sites for hydroxylation is 2. The molecule has 3 aromatic rings. The third kappa shape index (κ3) is 3.98. The fourth-order valence-electron chi connectivity index (χ4n) is 4.39. The van der Waals surface area contributed by atoms with Gasteiger partial charge in [-0.25, -0.2) is 9.78 Å². The average molecular weight is 463 g/mol. The molecule has 1 saturated heterocycles. The highest BCUT2D eigenvalue weighted by atomic mass is 16.5. The van der Waals surface area contributed by atoms with E-state index in [1.165, 1.54) is 12.0 Å². The summed E-state index contributed by atoms with van der Waals surface area (Å²) in [6.45, 7) is 4.24. The van der Waals surface area contributed by atoms with Gasteiger partial charge in [0.1, 0.15) is 11.5 Å². The highest BCUT2D eigenvalue weighted by Crippen LogP contribution is 2.40. The van der Waals surface area contributed by atoms with Gasteiger partial charge in [-0.1, -0.05) is 0 Å². The normalized spacial score (nSPS) is 17.4. The summed E-state index contributed by atoms with van der Waals surface area (Å²) in [6, 6.07) is 2.63. The molecule has 2 N–H and O–H groups in total. The van der Waals surface area contributed by atoms with E-state index in [1.807, 2.05) is 10.8 Å². The minimum Gasteiger partial charge on any atom is -0.507 e. The molecular weight excluding hydrogens is 438 g/mol. The number of imidazole rings is 1. The largest absolute Gasteiger partial charge is 0.507 e. The van der Waals surface area contributed by atoms with Gasteiger partial charge in [0.2, 0.25) is 0 Å². The van der Waals surface area contributed by atoms with Crippen LogP contribution < -0.4 is 0 Å². The second-order valence-electron chi connectivity index (χ2n) is 8.04. The molecule has 0 spiro atoms. The van der Waals surface area contributed by atoms with Gasteiger partial charge in [-0.15, -0.1) is 0 Å². The molecule has 34 heavy (non-hydrogen) atoms. The van der Waals surface area contributed by atoms with Crippen molar-refractivity contribution in [3.05, 3.63) is 76.9 Å². The summed E-state index contributed by atoms with van der Waals surface area (Å²) in [4.78, 5) is 50.8. The Labute approximate surface area is 195 Å². The Kier molecular flexibility index (Phi) is 6.31. The molecule has 1 unspecified atom stereocenters. The Balaban J connectivity index is 1.78. The van der Waals surface area contributed by atoms with Gasteiger partial charge in [-0.05, 0) is 43.5 Å². The van der Waals surface area contributed by atoms with Crippen molar-refractivity contribution >= 4 is 23.4 Å². The molecule has 1 fully saturated rings. The highest BCUT2D eigenvalue weighted by molar-refractivity contribution is 6.46. The maximum atomic E-state index is 13.2. The Hall–Kier alpha value is -4.21. The number of carbonyl (C=O) groups is 3. The van der Waals surface area contributed by atoms with Crippen LogP contribution in [0.1, 0.15) is 45.3 Å². The number of nitrogens with zero attached hydrogens (tertiary/aromatic N) is 4. The van der Waals surface area contributed by atoms with E-state index in [1.54, 1.807) is 50.9 Å². The Morgan fingerprint density at radius 3 is 2.53 bits per heavy atom. The first kappa shape index (κ1) is 23.0. The van der Waals surface area contributed by atoms with Gasteiger partial charge in [-0.3, -0.25) is 14.6 Å². The van der Waals surface area contributed by atoms with Crippen LogP contribution in [0.4, 0.5) is 0 Å². The summed E-state index contributed by atoms with van der Waals surface area (Å²) < 4.78 is 6.69. The molecule has 176 valence electrons. The summed E-state index contributed by atoms with van der Waals surface area (Å²) in [5.41, 5.74) is 2.02. The Morgan fingerprint density at radius 2 is 1.88 bits per heavy atom. The molecule has 10 heteroatoms. The Bertz CT molecular complexity index is 1260. The molecule has 1 atom stereocenters. The molecule has 0 saturated carbocycles. The van der Waals surface area contributed by atoms with Crippen LogP contribution in [0, 0.1) is 13.8 Å².